The highest BCUT2D eigenvalue weighted by Gasteiger charge is 2.36. The lowest BCUT2D eigenvalue weighted by Gasteiger charge is -2.44. The SMILES string of the molecule is CN1CC2CN(C(=O)c3ccc(Cc4nc5c(N6CCC(O)(c7ccc(Cl)cc7)CC6)cccn5n4)cc3)CC(C1)O2. The molecule has 2 bridgehead atoms. The van der Waals surface area contributed by atoms with Gasteiger partial charge in [0.2, 0.25) is 0 Å². The highest BCUT2D eigenvalue weighted by atomic mass is 35.5. The van der Waals surface area contributed by atoms with Gasteiger partial charge in [-0.1, -0.05) is 35.9 Å². The second-order valence-electron chi connectivity index (χ2n) is 11.9. The number of hydrogen-bond acceptors (Lipinski definition) is 7. The van der Waals surface area contributed by atoms with Crippen LogP contribution in [0.5, 0.6) is 0 Å². The van der Waals surface area contributed by atoms with Crippen molar-refractivity contribution in [2.75, 3.05) is 51.2 Å². The van der Waals surface area contributed by atoms with Crippen molar-refractivity contribution in [2.24, 2.45) is 0 Å². The monoisotopic (exact) mass is 586 g/mol. The zero-order valence-electron chi connectivity index (χ0n) is 23.7. The maximum atomic E-state index is 13.2. The number of hydrogen-bond donors (Lipinski definition) is 1. The van der Waals surface area contributed by atoms with E-state index < -0.39 is 5.60 Å². The van der Waals surface area contributed by atoms with Crippen LogP contribution in [0.4, 0.5) is 5.69 Å². The summed E-state index contributed by atoms with van der Waals surface area (Å²) in [4.78, 5) is 24.6. The van der Waals surface area contributed by atoms with Crippen LogP contribution in [0.25, 0.3) is 5.65 Å². The zero-order valence-corrected chi connectivity index (χ0v) is 24.5. The molecule has 0 spiro atoms. The van der Waals surface area contributed by atoms with E-state index >= 15 is 0 Å². The Labute approximate surface area is 250 Å². The minimum Gasteiger partial charge on any atom is -0.385 e. The average molecular weight is 587 g/mol. The quantitative estimate of drug-likeness (QED) is 0.382. The number of fused-ring (bicyclic) bond motifs is 3. The van der Waals surface area contributed by atoms with Gasteiger partial charge in [-0.3, -0.25) is 4.79 Å². The van der Waals surface area contributed by atoms with Crippen LogP contribution in [0.3, 0.4) is 0 Å². The standard InChI is InChI=1S/C32H35ClN6O3/c1-36-18-26-20-38(21-27(19-36)42-26)31(40)23-6-4-22(5-7-23)17-29-34-30-28(3-2-14-39(30)35-29)37-15-12-32(41,13-16-37)24-8-10-25(33)11-9-24/h2-11,14,26-27,41H,12-13,15-21H2,1H3. The van der Waals surface area contributed by atoms with Crippen LogP contribution < -0.4 is 4.90 Å². The number of amides is 1. The highest BCUT2D eigenvalue weighted by Crippen LogP contribution is 2.36. The molecule has 4 aromatic rings. The van der Waals surface area contributed by atoms with Gasteiger partial charge in [0, 0.05) is 62.5 Å². The number of pyridine rings is 1. The molecule has 2 unspecified atom stereocenters. The molecule has 2 atom stereocenters. The number of halogens is 1. The summed E-state index contributed by atoms with van der Waals surface area (Å²) >= 11 is 6.05. The van der Waals surface area contributed by atoms with Gasteiger partial charge in [0.15, 0.2) is 11.5 Å². The van der Waals surface area contributed by atoms with Crippen molar-refractivity contribution < 1.29 is 14.6 Å². The Hall–Kier alpha value is -3.50. The number of aromatic nitrogens is 3. The number of carbonyl (C=O) groups is 1. The van der Waals surface area contributed by atoms with Gasteiger partial charge in [-0.25, -0.2) is 9.50 Å². The second kappa shape index (κ2) is 11.0. The minimum atomic E-state index is -0.865. The van der Waals surface area contributed by atoms with E-state index in [2.05, 4.69) is 22.9 Å². The van der Waals surface area contributed by atoms with Gasteiger partial charge in [0.25, 0.3) is 5.91 Å². The Bertz CT molecular complexity index is 1560. The summed E-state index contributed by atoms with van der Waals surface area (Å²) in [5.74, 6) is 0.783. The average Bonchev–Trinajstić information content (AvgIpc) is 3.40. The van der Waals surface area contributed by atoms with E-state index in [1.54, 1.807) is 0 Å². The van der Waals surface area contributed by atoms with Gasteiger partial charge in [-0.15, -0.1) is 0 Å². The number of anilines is 1. The third kappa shape index (κ3) is 5.38. The molecule has 218 valence electrons. The lowest BCUT2D eigenvalue weighted by molar-refractivity contribution is -0.124. The number of rotatable bonds is 5. The van der Waals surface area contributed by atoms with Crippen molar-refractivity contribution in [3.8, 4) is 0 Å². The molecule has 7 rings (SSSR count). The summed E-state index contributed by atoms with van der Waals surface area (Å²) in [5.41, 5.74) is 3.60. The molecular formula is C32H35ClN6O3. The number of ether oxygens (including phenoxy) is 1. The van der Waals surface area contributed by atoms with Crippen molar-refractivity contribution in [1.82, 2.24) is 24.4 Å². The van der Waals surface area contributed by atoms with E-state index in [9.17, 15) is 9.90 Å². The van der Waals surface area contributed by atoms with E-state index in [-0.39, 0.29) is 18.1 Å². The molecule has 10 heteroatoms. The van der Waals surface area contributed by atoms with Crippen LogP contribution in [0.2, 0.25) is 5.02 Å². The van der Waals surface area contributed by atoms with Crippen LogP contribution in [-0.2, 0) is 16.8 Å². The maximum absolute atomic E-state index is 13.2. The molecule has 0 aliphatic carbocycles. The summed E-state index contributed by atoms with van der Waals surface area (Å²) in [6.45, 7) is 4.39. The Balaban J connectivity index is 1.02. The normalized spacial score (nSPS) is 22.5. The van der Waals surface area contributed by atoms with Crippen molar-refractivity contribution in [3.63, 3.8) is 0 Å². The number of likely N-dealkylation sites (N-methyl/N-ethyl adjacent to an activating group) is 1. The number of benzene rings is 2. The minimum absolute atomic E-state index is 0.0596. The van der Waals surface area contributed by atoms with Crippen LogP contribution in [0, 0.1) is 0 Å². The van der Waals surface area contributed by atoms with Crippen molar-refractivity contribution >= 4 is 28.8 Å². The molecule has 5 heterocycles. The summed E-state index contributed by atoms with van der Waals surface area (Å²) in [6, 6.07) is 19.4. The number of carbonyl (C=O) groups excluding carboxylic acids is 1. The summed E-state index contributed by atoms with van der Waals surface area (Å²) < 4.78 is 7.86. The lowest BCUT2D eigenvalue weighted by Crippen LogP contribution is -2.59. The van der Waals surface area contributed by atoms with E-state index in [0.29, 0.717) is 56.0 Å². The molecule has 1 amide bonds. The topological polar surface area (TPSA) is 86.4 Å². The van der Waals surface area contributed by atoms with Crippen LogP contribution in [-0.4, -0.2) is 93.9 Å². The summed E-state index contributed by atoms with van der Waals surface area (Å²) in [6.07, 6.45) is 3.88. The first-order valence-electron chi connectivity index (χ1n) is 14.6. The van der Waals surface area contributed by atoms with E-state index in [0.717, 1.165) is 41.4 Å². The van der Waals surface area contributed by atoms with Gasteiger partial charge in [-0.05, 0) is 67.4 Å². The lowest BCUT2D eigenvalue weighted by atomic mass is 9.84. The van der Waals surface area contributed by atoms with Crippen LogP contribution in [0.1, 0.15) is 40.2 Å². The maximum Gasteiger partial charge on any atom is 0.254 e. The first-order valence-corrected chi connectivity index (χ1v) is 15.0. The van der Waals surface area contributed by atoms with Crippen LogP contribution >= 0.6 is 11.6 Å². The largest absolute Gasteiger partial charge is 0.385 e. The third-order valence-corrected chi connectivity index (χ3v) is 9.06. The zero-order chi connectivity index (χ0) is 28.8. The Morgan fingerprint density at radius 2 is 1.69 bits per heavy atom. The molecule has 0 saturated carbocycles. The van der Waals surface area contributed by atoms with Crippen molar-refractivity contribution in [1.29, 1.82) is 0 Å². The predicted octanol–water partition coefficient (Wildman–Crippen LogP) is 3.62. The fourth-order valence-corrected chi connectivity index (χ4v) is 6.74. The van der Waals surface area contributed by atoms with E-state index in [1.165, 1.54) is 0 Å². The molecule has 0 radical (unpaired) electrons. The summed E-state index contributed by atoms with van der Waals surface area (Å²) in [5, 5.41) is 16.7. The molecule has 2 aromatic carbocycles. The van der Waals surface area contributed by atoms with Gasteiger partial charge in [-0.2, -0.15) is 5.10 Å². The Morgan fingerprint density at radius 1 is 1.00 bits per heavy atom. The molecule has 2 aromatic heterocycles. The molecule has 1 N–H and O–H groups in total. The van der Waals surface area contributed by atoms with Crippen molar-refractivity contribution in [2.45, 2.75) is 37.1 Å². The summed E-state index contributed by atoms with van der Waals surface area (Å²) in [7, 11) is 2.11. The number of piperidine rings is 1. The number of nitrogens with zero attached hydrogens (tertiary/aromatic N) is 6. The van der Waals surface area contributed by atoms with Gasteiger partial charge >= 0.3 is 0 Å². The first-order chi connectivity index (χ1) is 20.3. The predicted molar refractivity (Wildman–Crippen MR) is 161 cm³/mol. The third-order valence-electron chi connectivity index (χ3n) is 8.81. The molecule has 3 aliphatic rings. The second-order valence-corrected chi connectivity index (χ2v) is 12.3. The smallest absolute Gasteiger partial charge is 0.254 e. The van der Waals surface area contributed by atoms with E-state index in [4.69, 9.17) is 26.4 Å². The number of morpholine rings is 2. The molecule has 9 nitrogen and oxygen atoms in total. The van der Waals surface area contributed by atoms with Gasteiger partial charge < -0.3 is 24.5 Å². The Morgan fingerprint density at radius 3 is 2.38 bits per heavy atom. The fraction of sp³-hybridized carbons (Fsp3) is 0.406. The van der Waals surface area contributed by atoms with Gasteiger partial charge in [0.05, 0.1) is 23.5 Å². The van der Waals surface area contributed by atoms with E-state index in [1.807, 2.05) is 70.2 Å². The molecule has 42 heavy (non-hydrogen) atoms. The van der Waals surface area contributed by atoms with Gasteiger partial charge in [0.1, 0.15) is 0 Å². The molecule has 3 saturated heterocycles. The highest BCUT2D eigenvalue weighted by molar-refractivity contribution is 6.30. The molecule has 3 aliphatic heterocycles. The first kappa shape index (κ1) is 27.3. The molecular weight excluding hydrogens is 552 g/mol. The molecule has 3 fully saturated rings. The fourth-order valence-electron chi connectivity index (χ4n) is 6.62. The van der Waals surface area contributed by atoms with Crippen molar-refractivity contribution in [3.05, 3.63) is 94.4 Å². The number of aliphatic hydroxyl groups is 1. The Kier molecular flexibility index (Phi) is 7.14. The van der Waals surface area contributed by atoms with Crippen LogP contribution in [0.15, 0.2) is 66.9 Å².